The van der Waals surface area contributed by atoms with E-state index in [0.29, 0.717) is 13.2 Å². The van der Waals surface area contributed by atoms with Gasteiger partial charge in [-0.1, -0.05) is 44.2 Å². The van der Waals surface area contributed by atoms with E-state index in [0.717, 1.165) is 17.9 Å². The second-order valence-electron chi connectivity index (χ2n) is 6.19. The van der Waals surface area contributed by atoms with Crippen LogP contribution in [0.4, 0.5) is 5.69 Å². The Morgan fingerprint density at radius 1 is 1.08 bits per heavy atom. The molecule has 2 aromatic rings. The minimum atomic E-state index is -0.0689. The average Bonchev–Trinajstić information content (AvgIpc) is 2.59. The van der Waals surface area contributed by atoms with Gasteiger partial charge in [-0.25, -0.2) is 0 Å². The molecule has 0 aromatic heterocycles. The van der Waals surface area contributed by atoms with E-state index < -0.39 is 0 Å². The Hall–Kier alpha value is -2.33. The summed E-state index contributed by atoms with van der Waals surface area (Å²) in [7, 11) is 0. The van der Waals surface area contributed by atoms with Crippen molar-refractivity contribution in [3.8, 4) is 5.75 Å². The number of benzene rings is 2. The molecule has 1 unspecified atom stereocenters. The molecule has 0 radical (unpaired) electrons. The third-order valence-electron chi connectivity index (χ3n) is 3.95. The van der Waals surface area contributed by atoms with Gasteiger partial charge in [-0.2, -0.15) is 0 Å². The molecule has 128 valence electrons. The lowest BCUT2D eigenvalue weighted by Gasteiger charge is -2.20. The highest BCUT2D eigenvalue weighted by molar-refractivity contribution is 5.92. The monoisotopic (exact) mass is 326 g/mol. The Kier molecular flexibility index (Phi) is 6.82. The molecule has 0 saturated heterocycles. The van der Waals surface area contributed by atoms with Crippen molar-refractivity contribution in [1.29, 1.82) is 0 Å². The van der Waals surface area contributed by atoms with E-state index in [1.54, 1.807) is 0 Å². The Morgan fingerprint density at radius 2 is 1.75 bits per heavy atom. The van der Waals surface area contributed by atoms with Crippen LogP contribution in [0, 0.1) is 11.8 Å². The summed E-state index contributed by atoms with van der Waals surface area (Å²) in [5, 5.41) is 3.01. The number of carbonyl (C=O) groups is 1. The van der Waals surface area contributed by atoms with Gasteiger partial charge in [0.1, 0.15) is 12.4 Å². The zero-order valence-corrected chi connectivity index (χ0v) is 14.4. The summed E-state index contributed by atoms with van der Waals surface area (Å²) in [5.41, 5.74) is 7.37. The maximum Gasteiger partial charge on any atom is 0.228 e. The molecule has 0 aliphatic heterocycles. The smallest absolute Gasteiger partial charge is 0.228 e. The molecule has 3 N–H and O–H groups in total. The van der Waals surface area contributed by atoms with Crippen LogP contribution in [0.25, 0.3) is 0 Å². The number of nitrogens with one attached hydrogen (secondary N) is 1. The molecule has 0 aliphatic carbocycles. The van der Waals surface area contributed by atoms with Gasteiger partial charge < -0.3 is 15.8 Å². The topological polar surface area (TPSA) is 64.3 Å². The molecular formula is C20H26N2O2. The standard InChI is InChI=1S/C20H26N2O2/c1-15(2)19(14-16-6-4-3-5-7-16)20(23)22-17-8-10-18(11-9-17)24-13-12-21/h3-11,15,19H,12-14,21H2,1-2H3,(H,22,23). The van der Waals surface area contributed by atoms with Crippen molar-refractivity contribution in [3.63, 3.8) is 0 Å². The van der Waals surface area contributed by atoms with Crippen LogP contribution in [0.2, 0.25) is 0 Å². The molecule has 4 heteroatoms. The fourth-order valence-electron chi connectivity index (χ4n) is 2.55. The molecular weight excluding hydrogens is 300 g/mol. The van der Waals surface area contributed by atoms with Crippen LogP contribution < -0.4 is 15.8 Å². The fourth-order valence-corrected chi connectivity index (χ4v) is 2.55. The normalized spacial score (nSPS) is 12.0. The third kappa shape index (κ3) is 5.39. The molecule has 0 bridgehead atoms. The first-order chi connectivity index (χ1) is 11.6. The van der Waals surface area contributed by atoms with E-state index >= 15 is 0 Å². The second-order valence-corrected chi connectivity index (χ2v) is 6.19. The first-order valence-electron chi connectivity index (χ1n) is 8.38. The van der Waals surface area contributed by atoms with Crippen LogP contribution in [0.1, 0.15) is 19.4 Å². The number of ether oxygens (including phenoxy) is 1. The van der Waals surface area contributed by atoms with Crippen molar-refractivity contribution in [2.45, 2.75) is 20.3 Å². The maximum atomic E-state index is 12.7. The lowest BCUT2D eigenvalue weighted by atomic mass is 9.88. The van der Waals surface area contributed by atoms with Gasteiger partial charge in [0.25, 0.3) is 0 Å². The lowest BCUT2D eigenvalue weighted by molar-refractivity contribution is -0.121. The minimum absolute atomic E-state index is 0.0458. The predicted molar refractivity (Wildman–Crippen MR) is 98.1 cm³/mol. The summed E-state index contributed by atoms with van der Waals surface area (Å²) in [6, 6.07) is 17.5. The van der Waals surface area contributed by atoms with E-state index in [-0.39, 0.29) is 17.7 Å². The number of rotatable bonds is 8. The fraction of sp³-hybridized carbons (Fsp3) is 0.350. The molecule has 4 nitrogen and oxygen atoms in total. The molecule has 24 heavy (non-hydrogen) atoms. The first kappa shape index (κ1) is 18.0. The van der Waals surface area contributed by atoms with E-state index in [1.807, 2.05) is 42.5 Å². The number of nitrogens with two attached hydrogens (primary N) is 1. The highest BCUT2D eigenvalue weighted by atomic mass is 16.5. The molecule has 1 atom stereocenters. The van der Waals surface area contributed by atoms with Gasteiger partial charge in [0.05, 0.1) is 0 Å². The van der Waals surface area contributed by atoms with Crippen molar-refractivity contribution in [2.75, 3.05) is 18.5 Å². The van der Waals surface area contributed by atoms with Gasteiger partial charge in [0.2, 0.25) is 5.91 Å². The van der Waals surface area contributed by atoms with Gasteiger partial charge in [0.15, 0.2) is 0 Å². The van der Waals surface area contributed by atoms with Crippen LogP contribution in [0.5, 0.6) is 5.75 Å². The Bertz CT molecular complexity index is 624. The average molecular weight is 326 g/mol. The molecule has 0 saturated carbocycles. The largest absolute Gasteiger partial charge is 0.492 e. The number of hydrogen-bond donors (Lipinski definition) is 2. The summed E-state index contributed by atoms with van der Waals surface area (Å²) in [6.07, 6.45) is 0.738. The van der Waals surface area contributed by atoms with Gasteiger partial charge in [0, 0.05) is 18.2 Å². The van der Waals surface area contributed by atoms with Crippen molar-refractivity contribution in [1.82, 2.24) is 0 Å². The van der Waals surface area contributed by atoms with Crippen molar-refractivity contribution in [3.05, 3.63) is 60.2 Å². The number of carbonyl (C=O) groups excluding carboxylic acids is 1. The molecule has 0 aliphatic rings. The number of amides is 1. The molecule has 2 aromatic carbocycles. The molecule has 0 spiro atoms. The first-order valence-corrected chi connectivity index (χ1v) is 8.38. The minimum Gasteiger partial charge on any atom is -0.492 e. The maximum absolute atomic E-state index is 12.7. The highest BCUT2D eigenvalue weighted by Gasteiger charge is 2.22. The Morgan fingerprint density at radius 3 is 2.33 bits per heavy atom. The van der Waals surface area contributed by atoms with E-state index in [1.165, 1.54) is 5.56 Å². The van der Waals surface area contributed by atoms with Crippen LogP contribution >= 0.6 is 0 Å². The summed E-state index contributed by atoms with van der Waals surface area (Å²) in [4.78, 5) is 12.7. The van der Waals surface area contributed by atoms with E-state index in [2.05, 4.69) is 31.3 Å². The summed E-state index contributed by atoms with van der Waals surface area (Å²) in [6.45, 7) is 5.13. The van der Waals surface area contributed by atoms with Crippen molar-refractivity contribution in [2.24, 2.45) is 17.6 Å². The van der Waals surface area contributed by atoms with Gasteiger partial charge in [-0.15, -0.1) is 0 Å². The molecule has 0 heterocycles. The number of anilines is 1. The summed E-state index contributed by atoms with van der Waals surface area (Å²) in [5.74, 6) is 0.991. The van der Waals surface area contributed by atoms with Crippen LogP contribution in [-0.2, 0) is 11.2 Å². The van der Waals surface area contributed by atoms with E-state index in [4.69, 9.17) is 10.5 Å². The van der Waals surface area contributed by atoms with E-state index in [9.17, 15) is 4.79 Å². The van der Waals surface area contributed by atoms with Crippen molar-refractivity contribution < 1.29 is 9.53 Å². The predicted octanol–water partition coefficient (Wildman–Crippen LogP) is 3.48. The molecule has 2 rings (SSSR count). The highest BCUT2D eigenvalue weighted by Crippen LogP contribution is 2.21. The molecule has 1 amide bonds. The Labute approximate surface area is 144 Å². The zero-order chi connectivity index (χ0) is 17.4. The van der Waals surface area contributed by atoms with Crippen LogP contribution in [0.15, 0.2) is 54.6 Å². The second kappa shape index (κ2) is 9.08. The Balaban J connectivity index is 1.99. The summed E-state index contributed by atoms with van der Waals surface area (Å²) >= 11 is 0. The van der Waals surface area contributed by atoms with Crippen molar-refractivity contribution >= 4 is 11.6 Å². The third-order valence-corrected chi connectivity index (χ3v) is 3.95. The quantitative estimate of drug-likeness (QED) is 0.780. The lowest BCUT2D eigenvalue weighted by Crippen LogP contribution is -2.28. The SMILES string of the molecule is CC(C)C(Cc1ccccc1)C(=O)Nc1ccc(OCCN)cc1. The van der Waals surface area contributed by atoms with Gasteiger partial charge >= 0.3 is 0 Å². The summed E-state index contributed by atoms with van der Waals surface area (Å²) < 4.78 is 5.44. The molecule has 0 fully saturated rings. The van der Waals surface area contributed by atoms with Gasteiger partial charge in [-0.05, 0) is 42.2 Å². The van der Waals surface area contributed by atoms with Crippen LogP contribution in [0.3, 0.4) is 0 Å². The van der Waals surface area contributed by atoms with Gasteiger partial charge in [-0.3, -0.25) is 4.79 Å². The number of hydrogen-bond acceptors (Lipinski definition) is 3. The van der Waals surface area contributed by atoms with Crippen LogP contribution in [-0.4, -0.2) is 19.1 Å². The zero-order valence-electron chi connectivity index (χ0n) is 14.4.